The van der Waals surface area contributed by atoms with E-state index in [9.17, 15) is 0 Å². The van der Waals surface area contributed by atoms with E-state index in [0.29, 0.717) is 24.8 Å². The van der Waals surface area contributed by atoms with Gasteiger partial charge in [0.05, 0.1) is 12.6 Å². The van der Waals surface area contributed by atoms with Crippen LogP contribution < -0.4 is 5.32 Å². The number of ether oxygens (including phenoxy) is 1. The van der Waals surface area contributed by atoms with Crippen LogP contribution in [0.5, 0.6) is 0 Å². The lowest BCUT2D eigenvalue weighted by atomic mass is 10.3. The van der Waals surface area contributed by atoms with Crippen molar-refractivity contribution in [2.24, 2.45) is 0 Å². The van der Waals surface area contributed by atoms with Crippen LogP contribution in [-0.2, 0) is 11.2 Å². The van der Waals surface area contributed by atoms with Crippen molar-refractivity contribution in [3.8, 4) is 0 Å². The van der Waals surface area contributed by atoms with E-state index >= 15 is 0 Å². The highest BCUT2D eigenvalue weighted by molar-refractivity contribution is 4.87. The predicted molar refractivity (Wildman–Crippen MR) is 56.6 cm³/mol. The minimum Gasteiger partial charge on any atom is -0.423 e. The van der Waals surface area contributed by atoms with Crippen LogP contribution in [-0.4, -0.2) is 30.5 Å². The molecule has 0 spiro atoms. The van der Waals surface area contributed by atoms with Gasteiger partial charge in [-0.25, -0.2) is 0 Å². The molecule has 5 nitrogen and oxygen atoms in total. The van der Waals surface area contributed by atoms with E-state index in [1.54, 1.807) is 0 Å². The van der Waals surface area contributed by atoms with Crippen LogP contribution in [0.2, 0.25) is 0 Å². The Morgan fingerprint density at radius 3 is 2.87 bits per heavy atom. The Kier molecular flexibility index (Phi) is 5.28. The van der Waals surface area contributed by atoms with E-state index in [0.717, 1.165) is 13.0 Å². The Labute approximate surface area is 90.2 Å². The molecule has 1 atom stereocenters. The molecule has 1 unspecified atom stereocenters. The fourth-order valence-corrected chi connectivity index (χ4v) is 1.07. The van der Waals surface area contributed by atoms with Gasteiger partial charge in [-0.15, -0.1) is 10.2 Å². The lowest BCUT2D eigenvalue weighted by molar-refractivity contribution is 0.133. The summed E-state index contributed by atoms with van der Waals surface area (Å²) in [4.78, 5) is 0. The van der Waals surface area contributed by atoms with Crippen LogP contribution in [0.25, 0.3) is 0 Å². The van der Waals surface area contributed by atoms with Crippen molar-refractivity contribution in [3.05, 3.63) is 11.8 Å². The third-order valence-electron chi connectivity index (χ3n) is 2.09. The molecule has 1 heterocycles. The third kappa shape index (κ3) is 3.97. The van der Waals surface area contributed by atoms with E-state index in [4.69, 9.17) is 9.15 Å². The average Bonchev–Trinajstić information content (AvgIpc) is 2.72. The zero-order chi connectivity index (χ0) is 11.1. The summed E-state index contributed by atoms with van der Waals surface area (Å²) in [6.07, 6.45) is 1.72. The lowest BCUT2D eigenvalue weighted by Crippen LogP contribution is -2.12. The van der Waals surface area contributed by atoms with Crippen LogP contribution in [0.1, 0.15) is 38.1 Å². The molecule has 1 rings (SSSR count). The Bertz CT molecular complexity index is 275. The first-order chi connectivity index (χ1) is 7.27. The molecule has 0 bridgehead atoms. The number of nitrogens with one attached hydrogen (secondary N) is 1. The predicted octanol–water partition coefficient (Wildman–Crippen LogP) is 1.32. The summed E-state index contributed by atoms with van der Waals surface area (Å²) in [6, 6.07) is 0.0998. The second kappa shape index (κ2) is 6.53. The fourth-order valence-electron chi connectivity index (χ4n) is 1.07. The molecule has 0 aliphatic heterocycles. The Balaban J connectivity index is 2.33. The summed E-state index contributed by atoms with van der Waals surface area (Å²) in [5, 5.41) is 10.9. The van der Waals surface area contributed by atoms with Crippen molar-refractivity contribution < 1.29 is 9.15 Å². The molecule has 0 amide bonds. The van der Waals surface area contributed by atoms with Crippen molar-refractivity contribution in [1.82, 2.24) is 15.5 Å². The van der Waals surface area contributed by atoms with Gasteiger partial charge >= 0.3 is 0 Å². The maximum atomic E-state index is 5.45. The topological polar surface area (TPSA) is 60.2 Å². The maximum absolute atomic E-state index is 5.45. The van der Waals surface area contributed by atoms with Gasteiger partial charge in [-0.2, -0.15) is 0 Å². The first-order valence-electron chi connectivity index (χ1n) is 5.35. The van der Waals surface area contributed by atoms with Gasteiger partial charge in [0, 0.05) is 13.0 Å². The molecule has 0 aliphatic rings. The molecule has 1 aromatic heterocycles. The van der Waals surface area contributed by atoms with Gasteiger partial charge in [0.1, 0.15) is 0 Å². The number of aromatic nitrogens is 2. The zero-order valence-corrected chi connectivity index (χ0v) is 9.62. The zero-order valence-electron chi connectivity index (χ0n) is 9.62. The summed E-state index contributed by atoms with van der Waals surface area (Å²) in [5.41, 5.74) is 0. The number of nitrogens with zero attached hydrogens (tertiary/aromatic N) is 2. The summed E-state index contributed by atoms with van der Waals surface area (Å²) >= 11 is 0. The molecule has 0 aromatic carbocycles. The molecule has 1 aromatic rings. The van der Waals surface area contributed by atoms with Gasteiger partial charge < -0.3 is 14.5 Å². The largest absolute Gasteiger partial charge is 0.423 e. The normalized spacial score (nSPS) is 13.0. The Hall–Kier alpha value is -0.940. The summed E-state index contributed by atoms with van der Waals surface area (Å²) in [6.45, 7) is 5.49. The van der Waals surface area contributed by atoms with Gasteiger partial charge in [-0.3, -0.25) is 0 Å². The third-order valence-corrected chi connectivity index (χ3v) is 2.09. The SMILES string of the molecule is CCCOCCc1nnc(C(C)NC)o1. The van der Waals surface area contributed by atoms with E-state index in [1.165, 1.54) is 0 Å². The van der Waals surface area contributed by atoms with E-state index in [2.05, 4.69) is 22.4 Å². The molecule has 0 fully saturated rings. The molecule has 1 N–H and O–H groups in total. The van der Waals surface area contributed by atoms with Crippen molar-refractivity contribution in [1.29, 1.82) is 0 Å². The molecule has 0 radical (unpaired) electrons. The second-order valence-electron chi connectivity index (χ2n) is 3.41. The first-order valence-corrected chi connectivity index (χ1v) is 5.35. The molecule has 15 heavy (non-hydrogen) atoms. The van der Waals surface area contributed by atoms with Gasteiger partial charge in [0.25, 0.3) is 0 Å². The number of hydrogen-bond donors (Lipinski definition) is 1. The highest BCUT2D eigenvalue weighted by Gasteiger charge is 2.11. The highest BCUT2D eigenvalue weighted by atomic mass is 16.5. The lowest BCUT2D eigenvalue weighted by Gasteiger charge is -2.02. The summed E-state index contributed by atoms with van der Waals surface area (Å²) in [7, 11) is 1.86. The molecule has 0 saturated heterocycles. The first kappa shape index (κ1) is 12.1. The van der Waals surface area contributed by atoms with Crippen LogP contribution in [0.4, 0.5) is 0 Å². The quantitative estimate of drug-likeness (QED) is 0.692. The Morgan fingerprint density at radius 1 is 1.40 bits per heavy atom. The van der Waals surface area contributed by atoms with Gasteiger partial charge in [-0.05, 0) is 20.4 Å². The van der Waals surface area contributed by atoms with Crippen molar-refractivity contribution in [2.45, 2.75) is 32.7 Å². The average molecular weight is 213 g/mol. The molecule has 0 aliphatic carbocycles. The number of rotatable bonds is 7. The molecule has 0 saturated carbocycles. The fraction of sp³-hybridized carbons (Fsp3) is 0.800. The maximum Gasteiger partial charge on any atom is 0.233 e. The van der Waals surface area contributed by atoms with Gasteiger partial charge in [0.15, 0.2) is 0 Å². The second-order valence-corrected chi connectivity index (χ2v) is 3.41. The van der Waals surface area contributed by atoms with Crippen LogP contribution >= 0.6 is 0 Å². The van der Waals surface area contributed by atoms with Crippen LogP contribution in [0.15, 0.2) is 4.42 Å². The summed E-state index contributed by atoms with van der Waals surface area (Å²) in [5.74, 6) is 1.27. The molecular formula is C10H19N3O2. The van der Waals surface area contributed by atoms with Gasteiger partial charge in [-0.1, -0.05) is 6.92 Å². The monoisotopic (exact) mass is 213 g/mol. The molecule has 5 heteroatoms. The van der Waals surface area contributed by atoms with Gasteiger partial charge in [0.2, 0.25) is 11.8 Å². The molecular weight excluding hydrogens is 194 g/mol. The highest BCUT2D eigenvalue weighted by Crippen LogP contribution is 2.09. The minimum absolute atomic E-state index is 0.0998. The van der Waals surface area contributed by atoms with Crippen molar-refractivity contribution >= 4 is 0 Å². The van der Waals surface area contributed by atoms with E-state index in [1.807, 2.05) is 14.0 Å². The van der Waals surface area contributed by atoms with Crippen molar-refractivity contribution in [3.63, 3.8) is 0 Å². The minimum atomic E-state index is 0.0998. The van der Waals surface area contributed by atoms with Crippen LogP contribution in [0.3, 0.4) is 0 Å². The van der Waals surface area contributed by atoms with Crippen LogP contribution in [0, 0.1) is 0 Å². The van der Waals surface area contributed by atoms with E-state index < -0.39 is 0 Å². The standard InChI is InChI=1S/C10H19N3O2/c1-4-6-14-7-5-9-12-13-10(15-9)8(2)11-3/h8,11H,4-7H2,1-3H3. The number of hydrogen-bond acceptors (Lipinski definition) is 5. The van der Waals surface area contributed by atoms with E-state index in [-0.39, 0.29) is 6.04 Å². The molecule has 86 valence electrons. The van der Waals surface area contributed by atoms with Crippen molar-refractivity contribution in [2.75, 3.05) is 20.3 Å². The Morgan fingerprint density at radius 2 is 2.20 bits per heavy atom. The summed E-state index contributed by atoms with van der Waals surface area (Å²) < 4.78 is 10.8. The smallest absolute Gasteiger partial charge is 0.233 e.